The fourth-order valence-corrected chi connectivity index (χ4v) is 11.3. The first kappa shape index (κ1) is 39.9. The van der Waals surface area contributed by atoms with Crippen LogP contribution in [-0.2, 0) is 4.79 Å². The number of carboxylic acid groups (broad SMARTS) is 1. The molecule has 2 heteroatoms. The quantitative estimate of drug-likeness (QED) is 0.0973. The zero-order chi connectivity index (χ0) is 35.1. The Kier molecular flexibility index (Phi) is 16.5. The lowest BCUT2D eigenvalue weighted by Gasteiger charge is -2.58. The number of fused-ring (bicyclic) bond motifs is 5. The highest BCUT2D eigenvalue weighted by molar-refractivity contribution is 5.66. The lowest BCUT2D eigenvalue weighted by Crippen LogP contribution is -2.50. The highest BCUT2D eigenvalue weighted by Gasteiger charge is 2.59. The minimum atomic E-state index is -0.706. The van der Waals surface area contributed by atoms with Gasteiger partial charge in [0.05, 0.1) is 0 Å². The molecule has 0 spiro atoms. The van der Waals surface area contributed by atoms with E-state index in [1.165, 1.54) is 103 Å². The molecule has 0 heterocycles. The van der Waals surface area contributed by atoms with Crippen molar-refractivity contribution in [2.24, 2.45) is 52.3 Å². The summed E-state index contributed by atoms with van der Waals surface area (Å²) >= 11 is 0. The van der Waals surface area contributed by atoms with Gasteiger partial charge in [-0.25, -0.2) is 0 Å². The maximum atomic E-state index is 10.5. The molecule has 4 aliphatic carbocycles. The van der Waals surface area contributed by atoms with Crippen molar-refractivity contribution >= 4 is 5.97 Å². The van der Waals surface area contributed by atoms with Crippen LogP contribution in [0.1, 0.15) is 176 Å². The van der Waals surface area contributed by atoms with Crippen molar-refractivity contribution in [3.8, 4) is 0 Å². The van der Waals surface area contributed by atoms with E-state index in [4.69, 9.17) is 5.11 Å². The summed E-state index contributed by atoms with van der Waals surface area (Å²) in [5.74, 6) is 5.85. The maximum Gasteiger partial charge on any atom is 0.303 e. The second kappa shape index (κ2) is 20.3. The molecule has 0 aliphatic heterocycles. The first-order valence-electron chi connectivity index (χ1n) is 21.2. The number of allylic oxidation sites excluding steroid dienone is 10. The molecule has 2 nitrogen and oxygen atoms in total. The molecule has 4 unspecified atom stereocenters. The molecule has 8 atom stereocenters. The number of rotatable bonds is 21. The van der Waals surface area contributed by atoms with E-state index in [-0.39, 0.29) is 6.42 Å². The Morgan fingerprint density at radius 2 is 1.45 bits per heavy atom. The lowest BCUT2D eigenvalue weighted by molar-refractivity contribution is -0.137. The van der Waals surface area contributed by atoms with Gasteiger partial charge in [-0.2, -0.15) is 0 Å². The zero-order valence-electron chi connectivity index (χ0n) is 32.6. The van der Waals surface area contributed by atoms with Gasteiger partial charge in [-0.1, -0.05) is 133 Å². The Morgan fingerprint density at radius 3 is 2.12 bits per heavy atom. The highest BCUT2D eigenvalue weighted by atomic mass is 16.4. The van der Waals surface area contributed by atoms with Gasteiger partial charge >= 0.3 is 5.97 Å². The average Bonchev–Trinajstić information content (AvgIpc) is 3.43. The Bertz CT molecular complexity index is 1140. The summed E-state index contributed by atoms with van der Waals surface area (Å²) in [5, 5.41) is 8.65. The van der Waals surface area contributed by atoms with Crippen molar-refractivity contribution in [2.75, 3.05) is 0 Å². The van der Waals surface area contributed by atoms with Crippen molar-refractivity contribution in [3.63, 3.8) is 0 Å². The summed E-state index contributed by atoms with van der Waals surface area (Å²) in [7, 11) is 0. The summed E-state index contributed by atoms with van der Waals surface area (Å²) in [6, 6.07) is 0. The fourth-order valence-electron chi connectivity index (χ4n) is 11.3. The third kappa shape index (κ3) is 11.6. The van der Waals surface area contributed by atoms with E-state index in [0.29, 0.717) is 10.8 Å². The number of unbranched alkanes of at least 4 members (excludes halogenated alkanes) is 4. The van der Waals surface area contributed by atoms with Gasteiger partial charge in [-0.15, -0.1) is 0 Å². The normalized spacial score (nSPS) is 32.3. The van der Waals surface area contributed by atoms with Crippen molar-refractivity contribution in [3.05, 3.63) is 60.3 Å². The molecule has 276 valence electrons. The number of carbonyl (C=O) groups is 1. The first-order valence-corrected chi connectivity index (χ1v) is 21.2. The summed E-state index contributed by atoms with van der Waals surface area (Å²) in [6.07, 6.45) is 48.3. The largest absolute Gasteiger partial charge is 0.481 e. The Morgan fingerprint density at radius 1 is 0.776 bits per heavy atom. The molecule has 0 bridgehead atoms. The van der Waals surface area contributed by atoms with E-state index >= 15 is 0 Å². The molecule has 4 rings (SSSR count). The molecular weight excluding hydrogens is 597 g/mol. The minimum Gasteiger partial charge on any atom is -0.481 e. The van der Waals surface area contributed by atoms with E-state index in [1.54, 1.807) is 0 Å². The van der Waals surface area contributed by atoms with Gasteiger partial charge in [0.1, 0.15) is 0 Å². The van der Waals surface area contributed by atoms with Crippen molar-refractivity contribution in [2.45, 2.75) is 176 Å². The highest BCUT2D eigenvalue weighted by Crippen LogP contribution is 2.67. The topological polar surface area (TPSA) is 37.3 Å². The van der Waals surface area contributed by atoms with E-state index in [9.17, 15) is 4.79 Å². The molecule has 0 aromatic carbocycles. The zero-order valence-corrected chi connectivity index (χ0v) is 32.6. The van der Waals surface area contributed by atoms with Crippen LogP contribution in [-0.4, -0.2) is 11.1 Å². The summed E-state index contributed by atoms with van der Waals surface area (Å²) < 4.78 is 0. The summed E-state index contributed by atoms with van der Waals surface area (Å²) in [6.45, 7) is 12.9. The molecule has 3 saturated carbocycles. The minimum absolute atomic E-state index is 0.262. The molecule has 0 aromatic heterocycles. The first-order chi connectivity index (χ1) is 23.6. The number of aliphatic carboxylic acids is 1. The Labute approximate surface area is 303 Å². The van der Waals surface area contributed by atoms with E-state index in [2.05, 4.69) is 89.3 Å². The molecule has 4 aliphatic rings. The Balaban J connectivity index is 1.09. The lowest BCUT2D eigenvalue weighted by atomic mass is 9.46. The number of hydrogen-bond acceptors (Lipinski definition) is 1. The third-order valence-corrected chi connectivity index (χ3v) is 14.1. The van der Waals surface area contributed by atoms with Crippen LogP contribution >= 0.6 is 0 Å². The Hall–Kier alpha value is -1.83. The predicted molar refractivity (Wildman–Crippen MR) is 212 cm³/mol. The molecular formula is C47H76O2. The smallest absolute Gasteiger partial charge is 0.303 e. The molecule has 1 N–H and O–H groups in total. The van der Waals surface area contributed by atoms with Gasteiger partial charge in [0.2, 0.25) is 0 Å². The third-order valence-electron chi connectivity index (χ3n) is 14.1. The molecule has 3 fully saturated rings. The van der Waals surface area contributed by atoms with Gasteiger partial charge in [-0.05, 0) is 149 Å². The van der Waals surface area contributed by atoms with Crippen LogP contribution in [0.2, 0.25) is 0 Å². The predicted octanol–water partition coefficient (Wildman–Crippen LogP) is 14.2. The maximum absolute atomic E-state index is 10.5. The molecule has 0 radical (unpaired) electrons. The van der Waals surface area contributed by atoms with Crippen LogP contribution in [0, 0.1) is 52.3 Å². The number of hydrogen-bond donors (Lipinski definition) is 1. The van der Waals surface area contributed by atoms with Crippen LogP contribution in [0.25, 0.3) is 0 Å². The van der Waals surface area contributed by atoms with Gasteiger partial charge < -0.3 is 5.11 Å². The van der Waals surface area contributed by atoms with E-state index in [1.807, 2.05) is 5.57 Å². The van der Waals surface area contributed by atoms with Gasteiger partial charge in [-0.3, -0.25) is 4.79 Å². The van der Waals surface area contributed by atoms with Crippen molar-refractivity contribution < 1.29 is 9.90 Å². The fraction of sp³-hybridized carbons (Fsp3) is 0.766. The van der Waals surface area contributed by atoms with Crippen LogP contribution < -0.4 is 0 Å². The summed E-state index contributed by atoms with van der Waals surface area (Å²) in [5.41, 5.74) is 2.99. The van der Waals surface area contributed by atoms with E-state index in [0.717, 1.165) is 73.5 Å². The van der Waals surface area contributed by atoms with Crippen molar-refractivity contribution in [1.29, 1.82) is 0 Å². The molecule has 49 heavy (non-hydrogen) atoms. The van der Waals surface area contributed by atoms with Crippen LogP contribution in [0.5, 0.6) is 0 Å². The monoisotopic (exact) mass is 673 g/mol. The second-order valence-electron chi connectivity index (χ2n) is 17.9. The SMILES string of the molecule is CC(C)CCC[C@@H](C)[C@H]1CCC2C3CC=C4CC(CCCCC/C=C\C/C=C\C/C=C\C/C=C\CCCC(=O)O)CC[C@]4(C)C3CC[C@@]21C. The van der Waals surface area contributed by atoms with Gasteiger partial charge in [0.25, 0.3) is 0 Å². The van der Waals surface area contributed by atoms with Crippen molar-refractivity contribution in [1.82, 2.24) is 0 Å². The average molecular weight is 673 g/mol. The summed E-state index contributed by atoms with van der Waals surface area (Å²) in [4.78, 5) is 10.5. The van der Waals surface area contributed by atoms with Crippen LogP contribution in [0.3, 0.4) is 0 Å². The second-order valence-corrected chi connectivity index (χ2v) is 17.9. The molecule has 0 amide bonds. The number of carboxylic acids is 1. The van der Waals surface area contributed by atoms with E-state index < -0.39 is 5.97 Å². The van der Waals surface area contributed by atoms with Crippen LogP contribution in [0.4, 0.5) is 0 Å². The van der Waals surface area contributed by atoms with Crippen LogP contribution in [0.15, 0.2) is 60.3 Å². The molecule has 0 aromatic rings. The standard InChI is InChI=1S/C47H76O2/c1-37(2)24-23-25-38(3)42-30-31-43-41-29-28-40-36-39(32-34-46(40,4)44(41)33-35-47(42,43)5)26-21-19-17-15-13-11-9-7-6-8-10-12-14-16-18-20-22-27-45(48)49/h6-7,10-13,16,18,28,37-39,41-44H,8-9,14-15,17,19-27,29-36H2,1-5H3,(H,48,49)/b7-6-,12-10-,13-11-,18-16-/t38-,39?,41?,42-,43?,44?,46+,47-/m1/s1. The molecule has 0 saturated heterocycles. The van der Waals surface area contributed by atoms with Gasteiger partial charge in [0, 0.05) is 6.42 Å². The van der Waals surface area contributed by atoms with Gasteiger partial charge in [0.15, 0.2) is 0 Å².